The van der Waals surface area contributed by atoms with E-state index in [-0.39, 0.29) is 5.91 Å². The summed E-state index contributed by atoms with van der Waals surface area (Å²) in [6, 6.07) is 1.54. The number of hydrogen-bond donors (Lipinski definition) is 0. The van der Waals surface area contributed by atoms with Gasteiger partial charge in [0.25, 0.3) is 5.91 Å². The molecule has 0 saturated carbocycles. The van der Waals surface area contributed by atoms with Crippen molar-refractivity contribution in [2.24, 2.45) is 7.05 Å². The first-order chi connectivity index (χ1) is 8.65. The van der Waals surface area contributed by atoms with Crippen molar-refractivity contribution >= 4 is 12.2 Å². The van der Waals surface area contributed by atoms with Crippen molar-refractivity contribution in [1.82, 2.24) is 19.6 Å². The Balaban J connectivity index is 2.07. The molecule has 1 aromatic rings. The van der Waals surface area contributed by atoms with Gasteiger partial charge in [-0.2, -0.15) is 5.10 Å². The molecule has 2 heterocycles. The quantitative estimate of drug-likeness (QED) is 0.709. The summed E-state index contributed by atoms with van der Waals surface area (Å²) in [5, 5.41) is 3.97. The Morgan fingerprint density at radius 1 is 1.39 bits per heavy atom. The van der Waals surface area contributed by atoms with Crippen LogP contribution in [-0.4, -0.2) is 64.5 Å². The van der Waals surface area contributed by atoms with Gasteiger partial charge in [-0.05, 0) is 12.6 Å². The number of hydrogen-bond acceptors (Lipinski definition) is 4. The molecule has 1 aromatic heterocycles. The van der Waals surface area contributed by atoms with E-state index >= 15 is 0 Å². The zero-order valence-electron chi connectivity index (χ0n) is 10.8. The summed E-state index contributed by atoms with van der Waals surface area (Å²) in [6.07, 6.45) is 0.659. The fourth-order valence-corrected chi connectivity index (χ4v) is 2.18. The highest BCUT2D eigenvalue weighted by atomic mass is 16.2. The smallest absolute Gasteiger partial charge is 0.272 e. The number of carbonyl (C=O) groups is 2. The largest absolute Gasteiger partial charge is 0.335 e. The standard InChI is InChI=1S/C12H18N4O2/c1-3-15-4-6-16(7-5-15)12(18)11-8-10(9-17)13-14(11)2/h8-9H,3-7H2,1-2H3. The number of piperazine rings is 1. The van der Waals surface area contributed by atoms with Gasteiger partial charge in [-0.3, -0.25) is 14.3 Å². The van der Waals surface area contributed by atoms with Gasteiger partial charge in [0, 0.05) is 33.2 Å². The van der Waals surface area contributed by atoms with E-state index in [4.69, 9.17) is 0 Å². The second-order valence-electron chi connectivity index (χ2n) is 4.42. The Kier molecular flexibility index (Phi) is 3.76. The van der Waals surface area contributed by atoms with Crippen molar-refractivity contribution in [2.45, 2.75) is 6.92 Å². The first-order valence-electron chi connectivity index (χ1n) is 6.16. The number of aromatic nitrogens is 2. The van der Waals surface area contributed by atoms with Gasteiger partial charge in [-0.25, -0.2) is 0 Å². The van der Waals surface area contributed by atoms with Crippen LogP contribution in [0.3, 0.4) is 0 Å². The first kappa shape index (κ1) is 12.8. The minimum atomic E-state index is -0.0474. The SMILES string of the molecule is CCN1CCN(C(=O)c2cc(C=O)nn2C)CC1. The molecule has 1 amide bonds. The predicted molar refractivity (Wildman–Crippen MR) is 66.6 cm³/mol. The number of nitrogens with zero attached hydrogens (tertiary/aromatic N) is 4. The molecule has 2 rings (SSSR count). The zero-order chi connectivity index (χ0) is 13.1. The predicted octanol–water partition coefficient (Wildman–Crippen LogP) is 0.0103. The Hall–Kier alpha value is -1.69. The minimum absolute atomic E-state index is 0.0474. The molecule has 1 aliphatic rings. The van der Waals surface area contributed by atoms with Gasteiger partial charge in [-0.1, -0.05) is 6.92 Å². The summed E-state index contributed by atoms with van der Waals surface area (Å²) < 4.78 is 1.47. The van der Waals surface area contributed by atoms with Crippen molar-refractivity contribution in [3.05, 3.63) is 17.5 Å². The Morgan fingerprint density at radius 2 is 2.06 bits per heavy atom. The topological polar surface area (TPSA) is 58.4 Å². The molecule has 18 heavy (non-hydrogen) atoms. The van der Waals surface area contributed by atoms with Crippen LogP contribution in [0.1, 0.15) is 27.9 Å². The monoisotopic (exact) mass is 250 g/mol. The van der Waals surface area contributed by atoms with Gasteiger partial charge in [0.05, 0.1) is 0 Å². The van der Waals surface area contributed by atoms with Crippen molar-refractivity contribution in [2.75, 3.05) is 32.7 Å². The molecule has 0 aliphatic carbocycles. The molecule has 0 aromatic carbocycles. The highest BCUT2D eigenvalue weighted by molar-refractivity contribution is 5.94. The van der Waals surface area contributed by atoms with E-state index in [1.54, 1.807) is 13.1 Å². The summed E-state index contributed by atoms with van der Waals surface area (Å²) in [6.45, 7) is 6.40. The maximum absolute atomic E-state index is 12.3. The summed E-state index contributed by atoms with van der Waals surface area (Å²) in [7, 11) is 1.68. The second-order valence-corrected chi connectivity index (χ2v) is 4.42. The number of likely N-dealkylation sites (N-methyl/N-ethyl adjacent to an activating group) is 1. The summed E-state index contributed by atoms with van der Waals surface area (Å²) in [5.41, 5.74) is 0.773. The third kappa shape index (κ3) is 2.43. The maximum Gasteiger partial charge on any atom is 0.272 e. The second kappa shape index (κ2) is 5.30. The zero-order valence-corrected chi connectivity index (χ0v) is 10.8. The maximum atomic E-state index is 12.3. The van der Waals surface area contributed by atoms with Crippen molar-refractivity contribution in [1.29, 1.82) is 0 Å². The normalized spacial score (nSPS) is 16.9. The van der Waals surface area contributed by atoms with Gasteiger partial charge in [-0.15, -0.1) is 0 Å². The highest BCUT2D eigenvalue weighted by Crippen LogP contribution is 2.09. The van der Waals surface area contributed by atoms with E-state index in [0.717, 1.165) is 32.7 Å². The van der Waals surface area contributed by atoms with Gasteiger partial charge < -0.3 is 9.80 Å². The Bertz CT molecular complexity index is 447. The lowest BCUT2D eigenvalue weighted by Gasteiger charge is -2.33. The number of aldehydes is 1. The number of rotatable bonds is 3. The molecule has 0 spiro atoms. The molecule has 0 unspecified atom stereocenters. The molecule has 0 bridgehead atoms. The van der Waals surface area contributed by atoms with E-state index in [1.165, 1.54) is 4.68 Å². The van der Waals surface area contributed by atoms with E-state index in [0.29, 0.717) is 17.7 Å². The van der Waals surface area contributed by atoms with Gasteiger partial charge in [0.1, 0.15) is 11.4 Å². The molecule has 0 radical (unpaired) electrons. The van der Waals surface area contributed by atoms with Crippen LogP contribution in [0.5, 0.6) is 0 Å². The molecule has 6 heteroatoms. The molecule has 1 aliphatic heterocycles. The van der Waals surface area contributed by atoms with E-state index < -0.39 is 0 Å². The van der Waals surface area contributed by atoms with Crippen LogP contribution >= 0.6 is 0 Å². The van der Waals surface area contributed by atoms with Crippen LogP contribution in [0, 0.1) is 0 Å². The van der Waals surface area contributed by atoms with Crippen LogP contribution in [0.2, 0.25) is 0 Å². The molecule has 98 valence electrons. The van der Waals surface area contributed by atoms with Crippen LogP contribution in [0.15, 0.2) is 6.07 Å². The Labute approximate surface area is 106 Å². The summed E-state index contributed by atoms with van der Waals surface area (Å²) in [5.74, 6) is -0.0474. The van der Waals surface area contributed by atoms with Crippen LogP contribution in [-0.2, 0) is 7.05 Å². The average molecular weight is 250 g/mol. The minimum Gasteiger partial charge on any atom is -0.335 e. The van der Waals surface area contributed by atoms with E-state index in [1.807, 2.05) is 4.90 Å². The van der Waals surface area contributed by atoms with Crippen molar-refractivity contribution in [3.63, 3.8) is 0 Å². The molecule has 1 fully saturated rings. The first-order valence-corrected chi connectivity index (χ1v) is 6.16. The van der Waals surface area contributed by atoms with E-state index in [9.17, 15) is 9.59 Å². The number of amides is 1. The summed E-state index contributed by atoms with van der Waals surface area (Å²) >= 11 is 0. The molecular weight excluding hydrogens is 232 g/mol. The lowest BCUT2D eigenvalue weighted by Crippen LogP contribution is -2.48. The van der Waals surface area contributed by atoms with Crippen LogP contribution in [0.25, 0.3) is 0 Å². The molecular formula is C12H18N4O2. The van der Waals surface area contributed by atoms with Crippen molar-refractivity contribution in [3.8, 4) is 0 Å². The highest BCUT2D eigenvalue weighted by Gasteiger charge is 2.23. The molecule has 6 nitrogen and oxygen atoms in total. The van der Waals surface area contributed by atoms with E-state index in [2.05, 4.69) is 16.9 Å². The Morgan fingerprint density at radius 3 is 2.56 bits per heavy atom. The molecule has 1 saturated heterocycles. The third-order valence-electron chi connectivity index (χ3n) is 3.35. The third-order valence-corrected chi connectivity index (χ3v) is 3.35. The van der Waals surface area contributed by atoms with Crippen LogP contribution in [0.4, 0.5) is 0 Å². The fourth-order valence-electron chi connectivity index (χ4n) is 2.18. The lowest BCUT2D eigenvalue weighted by atomic mass is 10.2. The molecule has 0 atom stereocenters. The molecule has 0 N–H and O–H groups in total. The lowest BCUT2D eigenvalue weighted by molar-refractivity contribution is 0.0632. The average Bonchev–Trinajstić information content (AvgIpc) is 2.79. The number of carbonyl (C=O) groups excluding carboxylic acids is 2. The van der Waals surface area contributed by atoms with Gasteiger partial charge >= 0.3 is 0 Å². The van der Waals surface area contributed by atoms with Crippen molar-refractivity contribution < 1.29 is 9.59 Å². The van der Waals surface area contributed by atoms with Crippen LogP contribution < -0.4 is 0 Å². The van der Waals surface area contributed by atoms with Gasteiger partial charge in [0.2, 0.25) is 0 Å². The van der Waals surface area contributed by atoms with Gasteiger partial charge in [0.15, 0.2) is 6.29 Å². The fraction of sp³-hybridized carbons (Fsp3) is 0.583. The summed E-state index contributed by atoms with van der Waals surface area (Å²) in [4.78, 5) is 27.0. The number of aryl methyl sites for hydroxylation is 1.